The third-order valence-electron chi connectivity index (χ3n) is 3.20. The van der Waals surface area contributed by atoms with E-state index in [2.05, 4.69) is 5.32 Å². The number of hydrogen-bond donors (Lipinski definition) is 1. The zero-order valence-electron chi connectivity index (χ0n) is 10.1. The first-order valence-electron chi connectivity index (χ1n) is 5.83. The fraction of sp³-hybridized carbons (Fsp3) is 0.133. The topological polar surface area (TPSA) is 38.3 Å². The Labute approximate surface area is 105 Å². The van der Waals surface area contributed by atoms with E-state index in [4.69, 9.17) is 4.74 Å². The normalized spacial score (nSPS) is 13.1. The molecule has 18 heavy (non-hydrogen) atoms. The van der Waals surface area contributed by atoms with Crippen LogP contribution in [0.4, 0.5) is 0 Å². The van der Waals surface area contributed by atoms with Gasteiger partial charge in [-0.3, -0.25) is 4.79 Å². The predicted molar refractivity (Wildman–Crippen MR) is 69.6 cm³/mol. The Hall–Kier alpha value is -2.29. The Morgan fingerprint density at radius 1 is 1.11 bits per heavy atom. The van der Waals surface area contributed by atoms with Gasteiger partial charge in [-0.05, 0) is 34.9 Å². The number of carbonyl (C=O) groups is 1. The van der Waals surface area contributed by atoms with Gasteiger partial charge in [-0.15, -0.1) is 0 Å². The van der Waals surface area contributed by atoms with Gasteiger partial charge in [-0.25, -0.2) is 0 Å². The number of fused-ring (bicyclic) bond motifs is 1. The Kier molecular flexibility index (Phi) is 2.52. The fourth-order valence-electron chi connectivity index (χ4n) is 2.19. The molecule has 0 bridgehead atoms. The third-order valence-corrected chi connectivity index (χ3v) is 3.20. The summed E-state index contributed by atoms with van der Waals surface area (Å²) < 4.78 is 5.21. The highest BCUT2D eigenvalue weighted by Gasteiger charge is 2.18. The van der Waals surface area contributed by atoms with Crippen molar-refractivity contribution in [2.45, 2.75) is 6.54 Å². The first-order chi connectivity index (χ1) is 8.78. The van der Waals surface area contributed by atoms with Crippen LogP contribution in [0.5, 0.6) is 5.75 Å². The van der Waals surface area contributed by atoms with Gasteiger partial charge in [0, 0.05) is 12.1 Å². The fourth-order valence-corrected chi connectivity index (χ4v) is 2.19. The van der Waals surface area contributed by atoms with Crippen LogP contribution in [0.1, 0.15) is 15.9 Å². The number of hydrogen-bond acceptors (Lipinski definition) is 2. The minimum atomic E-state index is 0.00902. The molecule has 0 atom stereocenters. The summed E-state index contributed by atoms with van der Waals surface area (Å²) in [7, 11) is 1.65. The number of amides is 1. The zero-order chi connectivity index (χ0) is 12.5. The average Bonchev–Trinajstić information content (AvgIpc) is 2.80. The van der Waals surface area contributed by atoms with Crippen LogP contribution < -0.4 is 10.1 Å². The van der Waals surface area contributed by atoms with E-state index in [1.807, 2.05) is 42.5 Å². The van der Waals surface area contributed by atoms with Gasteiger partial charge in [0.2, 0.25) is 0 Å². The maximum Gasteiger partial charge on any atom is 0.251 e. The molecule has 0 aliphatic carbocycles. The Balaban J connectivity index is 2.07. The van der Waals surface area contributed by atoms with Crippen LogP contribution in [0.25, 0.3) is 11.1 Å². The molecule has 1 aliphatic rings. The molecule has 1 N–H and O–H groups in total. The standard InChI is InChI=1S/C15H13NO2/c1-18-13-4-2-3-10(7-13)11-5-6-12-9-16-15(17)14(12)8-11/h2-8H,9H2,1H3,(H,16,17). The number of benzene rings is 2. The van der Waals surface area contributed by atoms with Gasteiger partial charge in [0.25, 0.3) is 5.91 Å². The highest BCUT2D eigenvalue weighted by atomic mass is 16.5. The highest BCUT2D eigenvalue weighted by Crippen LogP contribution is 2.27. The molecule has 0 fully saturated rings. The smallest absolute Gasteiger partial charge is 0.251 e. The van der Waals surface area contributed by atoms with Crippen LogP contribution >= 0.6 is 0 Å². The Bertz CT molecular complexity index is 620. The van der Waals surface area contributed by atoms with Crippen molar-refractivity contribution in [3.05, 3.63) is 53.6 Å². The second-order valence-electron chi connectivity index (χ2n) is 4.29. The molecule has 3 heteroatoms. The molecule has 0 radical (unpaired) electrons. The minimum Gasteiger partial charge on any atom is -0.497 e. The Morgan fingerprint density at radius 3 is 2.78 bits per heavy atom. The van der Waals surface area contributed by atoms with Gasteiger partial charge in [0.05, 0.1) is 7.11 Å². The molecule has 0 saturated carbocycles. The third kappa shape index (κ3) is 1.74. The number of ether oxygens (including phenoxy) is 1. The van der Waals surface area contributed by atoms with E-state index in [0.717, 1.165) is 28.0 Å². The van der Waals surface area contributed by atoms with Crippen molar-refractivity contribution in [3.8, 4) is 16.9 Å². The first kappa shape index (κ1) is 10.8. The SMILES string of the molecule is COc1cccc(-c2ccc3c(c2)C(=O)NC3)c1. The number of methoxy groups -OCH3 is 1. The van der Waals surface area contributed by atoms with E-state index in [1.165, 1.54) is 0 Å². The summed E-state index contributed by atoms with van der Waals surface area (Å²) in [6, 6.07) is 13.8. The maximum atomic E-state index is 11.6. The molecule has 0 spiro atoms. The molecule has 1 heterocycles. The van der Waals surface area contributed by atoms with E-state index in [1.54, 1.807) is 7.11 Å². The van der Waals surface area contributed by atoms with E-state index in [0.29, 0.717) is 6.54 Å². The largest absolute Gasteiger partial charge is 0.497 e. The van der Waals surface area contributed by atoms with Crippen molar-refractivity contribution in [2.75, 3.05) is 7.11 Å². The summed E-state index contributed by atoms with van der Waals surface area (Å²) in [6.07, 6.45) is 0. The molecule has 1 aliphatic heterocycles. The Morgan fingerprint density at radius 2 is 1.94 bits per heavy atom. The van der Waals surface area contributed by atoms with Gasteiger partial charge in [-0.2, -0.15) is 0 Å². The van der Waals surface area contributed by atoms with E-state index in [-0.39, 0.29) is 5.91 Å². The highest BCUT2D eigenvalue weighted by molar-refractivity contribution is 5.99. The maximum absolute atomic E-state index is 11.6. The summed E-state index contributed by atoms with van der Waals surface area (Å²) in [5, 5.41) is 2.82. The van der Waals surface area contributed by atoms with Crippen LogP contribution in [-0.4, -0.2) is 13.0 Å². The van der Waals surface area contributed by atoms with E-state index < -0.39 is 0 Å². The summed E-state index contributed by atoms with van der Waals surface area (Å²) in [5.41, 5.74) is 3.92. The van der Waals surface area contributed by atoms with E-state index >= 15 is 0 Å². The van der Waals surface area contributed by atoms with Crippen LogP contribution in [0.15, 0.2) is 42.5 Å². The van der Waals surface area contributed by atoms with Crippen LogP contribution in [0.2, 0.25) is 0 Å². The zero-order valence-corrected chi connectivity index (χ0v) is 10.1. The lowest BCUT2D eigenvalue weighted by molar-refractivity contribution is 0.0966. The number of rotatable bonds is 2. The first-order valence-corrected chi connectivity index (χ1v) is 5.83. The average molecular weight is 239 g/mol. The van der Waals surface area contributed by atoms with Crippen molar-refractivity contribution in [1.29, 1.82) is 0 Å². The van der Waals surface area contributed by atoms with Crippen LogP contribution in [-0.2, 0) is 6.54 Å². The summed E-state index contributed by atoms with van der Waals surface area (Å²) >= 11 is 0. The lowest BCUT2D eigenvalue weighted by Crippen LogP contribution is -2.12. The van der Waals surface area contributed by atoms with Gasteiger partial charge in [0.1, 0.15) is 5.75 Å². The molecule has 2 aromatic rings. The molecule has 2 aromatic carbocycles. The van der Waals surface area contributed by atoms with Crippen molar-refractivity contribution in [1.82, 2.24) is 5.32 Å². The van der Waals surface area contributed by atoms with E-state index in [9.17, 15) is 4.79 Å². The number of carbonyl (C=O) groups excluding carboxylic acids is 1. The summed E-state index contributed by atoms with van der Waals surface area (Å²) in [6.45, 7) is 0.632. The molecule has 1 amide bonds. The second-order valence-corrected chi connectivity index (χ2v) is 4.29. The van der Waals surface area contributed by atoms with Crippen molar-refractivity contribution in [3.63, 3.8) is 0 Å². The van der Waals surface area contributed by atoms with Crippen molar-refractivity contribution in [2.24, 2.45) is 0 Å². The van der Waals surface area contributed by atoms with Crippen LogP contribution in [0.3, 0.4) is 0 Å². The molecule has 0 aromatic heterocycles. The van der Waals surface area contributed by atoms with Crippen molar-refractivity contribution >= 4 is 5.91 Å². The second kappa shape index (κ2) is 4.18. The molecular weight excluding hydrogens is 226 g/mol. The molecule has 3 nitrogen and oxygen atoms in total. The minimum absolute atomic E-state index is 0.00902. The molecule has 0 saturated heterocycles. The van der Waals surface area contributed by atoms with Gasteiger partial charge in [-0.1, -0.05) is 24.3 Å². The monoisotopic (exact) mass is 239 g/mol. The van der Waals surface area contributed by atoms with Gasteiger partial charge < -0.3 is 10.1 Å². The molecule has 0 unspecified atom stereocenters. The molecule has 90 valence electrons. The predicted octanol–water partition coefficient (Wildman–Crippen LogP) is 2.61. The lowest BCUT2D eigenvalue weighted by Gasteiger charge is -2.06. The van der Waals surface area contributed by atoms with Crippen LogP contribution in [0, 0.1) is 0 Å². The van der Waals surface area contributed by atoms with Crippen molar-refractivity contribution < 1.29 is 9.53 Å². The molecule has 3 rings (SSSR count). The summed E-state index contributed by atoms with van der Waals surface area (Å²) in [4.78, 5) is 11.6. The summed E-state index contributed by atoms with van der Waals surface area (Å²) in [5.74, 6) is 0.826. The van der Waals surface area contributed by atoms with Gasteiger partial charge in [0.15, 0.2) is 0 Å². The van der Waals surface area contributed by atoms with Gasteiger partial charge >= 0.3 is 0 Å². The molecular formula is C15H13NO2. The quantitative estimate of drug-likeness (QED) is 0.874. The lowest BCUT2D eigenvalue weighted by atomic mass is 10.0. The number of nitrogens with one attached hydrogen (secondary N) is 1.